The van der Waals surface area contributed by atoms with Gasteiger partial charge in [-0.25, -0.2) is 4.39 Å². The molecule has 1 aromatic heterocycles. The Morgan fingerprint density at radius 3 is 2.58 bits per heavy atom. The van der Waals surface area contributed by atoms with E-state index in [0.717, 1.165) is 12.0 Å². The Balaban J connectivity index is 1.84. The number of aromatic nitrogens is 1. The van der Waals surface area contributed by atoms with Crippen molar-refractivity contribution in [2.45, 2.75) is 25.9 Å². The number of aliphatic hydroxyl groups is 1. The molecule has 1 aliphatic heterocycles. The van der Waals surface area contributed by atoms with E-state index in [2.05, 4.69) is 4.98 Å². The number of ketones is 1. The van der Waals surface area contributed by atoms with Gasteiger partial charge in [-0.1, -0.05) is 37.3 Å². The van der Waals surface area contributed by atoms with Crippen LogP contribution in [0, 0.1) is 5.82 Å². The molecule has 1 N–H and O–H groups in total. The molecule has 1 unspecified atom stereocenters. The van der Waals surface area contributed by atoms with Crippen LogP contribution in [0.3, 0.4) is 0 Å². The number of aliphatic hydroxyl groups excluding tert-OH is 1. The van der Waals surface area contributed by atoms with Gasteiger partial charge in [-0.3, -0.25) is 14.6 Å². The number of carbonyl (C=O) groups is 2. The molecule has 33 heavy (non-hydrogen) atoms. The predicted molar refractivity (Wildman–Crippen MR) is 121 cm³/mol. The van der Waals surface area contributed by atoms with Crippen LogP contribution in [0.2, 0.25) is 0 Å². The number of halogens is 1. The first-order valence-corrected chi connectivity index (χ1v) is 10.7. The van der Waals surface area contributed by atoms with Gasteiger partial charge in [0, 0.05) is 30.1 Å². The molecule has 1 aliphatic rings. The fourth-order valence-corrected chi connectivity index (χ4v) is 3.86. The first-order valence-electron chi connectivity index (χ1n) is 10.7. The molecule has 3 aromatic rings. The average molecular weight is 446 g/mol. The summed E-state index contributed by atoms with van der Waals surface area (Å²) >= 11 is 0. The molecular formula is C26H23FN2O4. The smallest absolute Gasteiger partial charge is 0.295 e. The summed E-state index contributed by atoms with van der Waals surface area (Å²) in [6.45, 7) is 2.53. The van der Waals surface area contributed by atoms with Crippen molar-refractivity contribution in [3.05, 3.63) is 101 Å². The van der Waals surface area contributed by atoms with Gasteiger partial charge in [0.15, 0.2) is 0 Å². The van der Waals surface area contributed by atoms with E-state index in [1.807, 2.05) is 6.92 Å². The number of hydrogen-bond donors (Lipinski definition) is 1. The Hall–Kier alpha value is -4.00. The average Bonchev–Trinajstić information content (AvgIpc) is 3.08. The highest BCUT2D eigenvalue weighted by atomic mass is 19.1. The van der Waals surface area contributed by atoms with Gasteiger partial charge in [0.1, 0.15) is 17.3 Å². The lowest BCUT2D eigenvalue weighted by molar-refractivity contribution is -0.140. The van der Waals surface area contributed by atoms with E-state index in [1.165, 1.54) is 23.1 Å². The predicted octanol–water partition coefficient (Wildman–Crippen LogP) is 4.63. The number of pyridine rings is 1. The zero-order chi connectivity index (χ0) is 23.4. The lowest BCUT2D eigenvalue weighted by atomic mass is 9.94. The number of benzene rings is 2. The number of ether oxygens (including phenoxy) is 1. The number of nitrogens with zero attached hydrogens (tertiary/aromatic N) is 2. The van der Waals surface area contributed by atoms with Crippen LogP contribution in [0.25, 0.3) is 5.76 Å². The summed E-state index contributed by atoms with van der Waals surface area (Å²) in [6, 6.07) is 14.9. The summed E-state index contributed by atoms with van der Waals surface area (Å²) in [6.07, 6.45) is 3.96. The largest absolute Gasteiger partial charge is 0.507 e. The first-order chi connectivity index (χ1) is 16.0. The zero-order valence-corrected chi connectivity index (χ0v) is 18.1. The molecule has 0 spiro atoms. The van der Waals surface area contributed by atoms with E-state index in [1.54, 1.807) is 54.9 Å². The van der Waals surface area contributed by atoms with Crippen molar-refractivity contribution in [2.75, 3.05) is 6.61 Å². The van der Waals surface area contributed by atoms with Crippen LogP contribution in [-0.4, -0.2) is 33.3 Å². The molecule has 0 saturated carbocycles. The fraction of sp³-hybridized carbons (Fsp3) is 0.192. The second-order valence-corrected chi connectivity index (χ2v) is 7.68. The van der Waals surface area contributed by atoms with Crippen molar-refractivity contribution in [3.8, 4) is 5.75 Å². The number of likely N-dealkylation sites (tertiary alicyclic amines) is 1. The fourth-order valence-electron chi connectivity index (χ4n) is 3.86. The van der Waals surface area contributed by atoms with Crippen molar-refractivity contribution < 1.29 is 23.8 Å². The molecule has 2 heterocycles. The summed E-state index contributed by atoms with van der Waals surface area (Å²) in [5, 5.41) is 11.2. The van der Waals surface area contributed by atoms with E-state index >= 15 is 0 Å². The second-order valence-electron chi connectivity index (χ2n) is 7.68. The van der Waals surface area contributed by atoms with Crippen LogP contribution < -0.4 is 4.74 Å². The maximum Gasteiger partial charge on any atom is 0.295 e. The topological polar surface area (TPSA) is 79.7 Å². The number of hydrogen-bond acceptors (Lipinski definition) is 5. The molecule has 1 atom stereocenters. The molecule has 0 radical (unpaired) electrons. The third-order valence-corrected chi connectivity index (χ3v) is 5.42. The highest BCUT2D eigenvalue weighted by molar-refractivity contribution is 6.46. The lowest BCUT2D eigenvalue weighted by Crippen LogP contribution is -2.29. The monoisotopic (exact) mass is 446 g/mol. The van der Waals surface area contributed by atoms with Crippen molar-refractivity contribution in [2.24, 2.45) is 0 Å². The molecule has 168 valence electrons. The van der Waals surface area contributed by atoms with Crippen LogP contribution in [0.15, 0.2) is 78.6 Å². The maximum absolute atomic E-state index is 14.9. The van der Waals surface area contributed by atoms with E-state index in [9.17, 15) is 19.1 Å². The van der Waals surface area contributed by atoms with Crippen molar-refractivity contribution >= 4 is 17.4 Å². The Morgan fingerprint density at radius 2 is 1.85 bits per heavy atom. The third-order valence-electron chi connectivity index (χ3n) is 5.42. The van der Waals surface area contributed by atoms with Gasteiger partial charge in [0.05, 0.1) is 18.2 Å². The molecule has 0 bridgehead atoms. The highest BCUT2D eigenvalue weighted by Gasteiger charge is 2.46. The minimum absolute atomic E-state index is 0.0581. The molecular weight excluding hydrogens is 423 g/mol. The van der Waals surface area contributed by atoms with Gasteiger partial charge in [0.2, 0.25) is 0 Å². The van der Waals surface area contributed by atoms with Gasteiger partial charge in [-0.2, -0.15) is 0 Å². The highest BCUT2D eigenvalue weighted by Crippen LogP contribution is 2.41. The molecule has 1 saturated heterocycles. The van der Waals surface area contributed by atoms with E-state index in [0.29, 0.717) is 17.9 Å². The molecule has 1 amide bonds. The quantitative estimate of drug-likeness (QED) is 0.325. The summed E-state index contributed by atoms with van der Waals surface area (Å²) < 4.78 is 20.5. The number of amides is 1. The molecule has 1 fully saturated rings. The van der Waals surface area contributed by atoms with Gasteiger partial charge in [0.25, 0.3) is 11.7 Å². The van der Waals surface area contributed by atoms with Crippen molar-refractivity contribution in [1.29, 1.82) is 0 Å². The Morgan fingerprint density at radius 1 is 1.09 bits per heavy atom. The Bertz CT molecular complexity index is 1210. The van der Waals surface area contributed by atoms with Crippen molar-refractivity contribution in [1.82, 2.24) is 9.88 Å². The zero-order valence-electron chi connectivity index (χ0n) is 18.1. The molecule has 7 heteroatoms. The van der Waals surface area contributed by atoms with Crippen molar-refractivity contribution in [3.63, 3.8) is 0 Å². The summed E-state index contributed by atoms with van der Waals surface area (Å²) in [4.78, 5) is 31.4. The number of rotatable bonds is 7. The first kappa shape index (κ1) is 22.2. The van der Waals surface area contributed by atoms with Gasteiger partial charge >= 0.3 is 0 Å². The standard InChI is InChI=1S/C26H23FN2O4/c1-2-14-33-19-7-5-6-18(15-19)24(30)22-23(20-8-3-4-9-21(20)27)29(26(32)25(22)31)16-17-10-12-28-13-11-17/h3-13,15,23,30H,2,14,16H2,1H3. The molecule has 0 aliphatic carbocycles. The van der Waals surface area contributed by atoms with Crippen LogP contribution in [0.5, 0.6) is 5.75 Å². The third kappa shape index (κ3) is 4.48. The minimum atomic E-state index is -1.08. The molecule has 2 aromatic carbocycles. The normalized spacial score (nSPS) is 17.4. The molecule has 6 nitrogen and oxygen atoms in total. The Labute approximate surface area is 191 Å². The van der Waals surface area contributed by atoms with E-state index < -0.39 is 23.5 Å². The van der Waals surface area contributed by atoms with Crippen LogP contribution >= 0.6 is 0 Å². The molecule has 4 rings (SSSR count). The van der Waals surface area contributed by atoms with E-state index in [4.69, 9.17) is 4.74 Å². The van der Waals surface area contributed by atoms with Crippen LogP contribution in [-0.2, 0) is 16.1 Å². The summed E-state index contributed by atoms with van der Waals surface area (Å²) in [7, 11) is 0. The van der Waals surface area contributed by atoms with E-state index in [-0.39, 0.29) is 23.4 Å². The minimum Gasteiger partial charge on any atom is -0.507 e. The summed E-state index contributed by atoms with van der Waals surface area (Å²) in [5.74, 6) is -2.10. The Kier molecular flexibility index (Phi) is 6.49. The maximum atomic E-state index is 14.9. The van der Waals surface area contributed by atoms with Gasteiger partial charge < -0.3 is 14.7 Å². The van der Waals surface area contributed by atoms with Gasteiger partial charge in [-0.15, -0.1) is 0 Å². The van der Waals surface area contributed by atoms with Crippen LogP contribution in [0.4, 0.5) is 4.39 Å². The number of carbonyl (C=O) groups excluding carboxylic acids is 2. The summed E-state index contributed by atoms with van der Waals surface area (Å²) in [5.41, 5.74) is 1.01. The SMILES string of the molecule is CCCOc1cccc(C(O)=C2C(=O)C(=O)N(Cc3ccncc3)C2c2ccccc2F)c1. The van der Waals surface area contributed by atoms with Gasteiger partial charge in [-0.05, 0) is 42.3 Å². The second kappa shape index (κ2) is 9.65. The van der Waals surface area contributed by atoms with Crippen LogP contribution in [0.1, 0.15) is 36.1 Å². The number of Topliss-reactive ketones (excluding diaryl/α,β-unsaturated/α-hetero) is 1. The lowest BCUT2D eigenvalue weighted by Gasteiger charge is -2.25.